The van der Waals surface area contributed by atoms with Crippen LogP contribution in [0.1, 0.15) is 25.7 Å². The lowest BCUT2D eigenvalue weighted by atomic mass is 10.2. The van der Waals surface area contributed by atoms with Crippen LogP contribution in [-0.4, -0.2) is 37.1 Å². The number of nitrogens with zero attached hydrogens (tertiary/aromatic N) is 1. The molecule has 2 aliphatic rings. The van der Waals surface area contributed by atoms with Crippen LogP contribution in [0.25, 0.3) is 0 Å². The summed E-state index contributed by atoms with van der Waals surface area (Å²) in [5.41, 5.74) is 5.56. The monoisotopic (exact) mass is 204 g/mol. The van der Waals surface area contributed by atoms with Crippen LogP contribution in [0.2, 0.25) is 0 Å². The minimum atomic E-state index is -2.98. The second kappa shape index (κ2) is 3.22. The summed E-state index contributed by atoms with van der Waals surface area (Å²) >= 11 is 0. The van der Waals surface area contributed by atoms with E-state index < -0.39 is 10.0 Å². The van der Waals surface area contributed by atoms with Gasteiger partial charge in [0.25, 0.3) is 0 Å². The highest BCUT2D eigenvalue weighted by Gasteiger charge is 2.39. The second-order valence-electron chi connectivity index (χ2n) is 4.03. The molecule has 4 nitrogen and oxygen atoms in total. The Balaban J connectivity index is 2.03. The summed E-state index contributed by atoms with van der Waals surface area (Å²) in [5.74, 6) is 0. The van der Waals surface area contributed by atoms with Crippen molar-refractivity contribution < 1.29 is 8.42 Å². The smallest absolute Gasteiger partial charge is 0.217 e. The van der Waals surface area contributed by atoms with Crippen molar-refractivity contribution in [2.24, 2.45) is 5.73 Å². The molecule has 2 N–H and O–H groups in total. The van der Waals surface area contributed by atoms with Crippen LogP contribution in [0.4, 0.5) is 0 Å². The van der Waals surface area contributed by atoms with E-state index in [4.69, 9.17) is 5.73 Å². The lowest BCUT2D eigenvalue weighted by Gasteiger charge is -2.37. The first-order valence-electron chi connectivity index (χ1n) is 4.85. The second-order valence-corrected chi connectivity index (χ2v) is 6.24. The lowest BCUT2D eigenvalue weighted by molar-refractivity contribution is 0.262. The third-order valence-corrected chi connectivity index (χ3v) is 5.29. The SMILES string of the molecule is NC1CN(S(=O)(=O)C2CCCC2)C1. The Labute approximate surface area is 79.1 Å². The minimum Gasteiger partial charge on any atom is -0.325 e. The fourth-order valence-corrected chi connectivity index (χ4v) is 4.22. The van der Waals surface area contributed by atoms with Crippen LogP contribution in [0.15, 0.2) is 0 Å². The van der Waals surface area contributed by atoms with Crippen molar-refractivity contribution in [3.8, 4) is 0 Å². The van der Waals surface area contributed by atoms with Crippen molar-refractivity contribution in [3.63, 3.8) is 0 Å². The summed E-state index contributed by atoms with van der Waals surface area (Å²) in [6.45, 7) is 1.05. The van der Waals surface area contributed by atoms with Gasteiger partial charge in [-0.1, -0.05) is 12.8 Å². The number of hydrogen-bond donors (Lipinski definition) is 1. The maximum atomic E-state index is 11.8. The summed E-state index contributed by atoms with van der Waals surface area (Å²) in [4.78, 5) is 0. The Kier molecular flexibility index (Phi) is 2.33. The zero-order chi connectivity index (χ0) is 9.47. The average Bonchev–Trinajstić information content (AvgIpc) is 2.50. The van der Waals surface area contributed by atoms with Crippen molar-refractivity contribution in [2.75, 3.05) is 13.1 Å². The molecule has 1 aliphatic carbocycles. The predicted molar refractivity (Wildman–Crippen MR) is 50.7 cm³/mol. The minimum absolute atomic E-state index is 0.0659. The van der Waals surface area contributed by atoms with Gasteiger partial charge in [-0.25, -0.2) is 8.42 Å². The molecule has 1 saturated heterocycles. The molecule has 1 saturated carbocycles. The molecular weight excluding hydrogens is 188 g/mol. The molecule has 76 valence electrons. The maximum Gasteiger partial charge on any atom is 0.217 e. The molecule has 0 amide bonds. The molecule has 1 heterocycles. The molecule has 0 unspecified atom stereocenters. The van der Waals surface area contributed by atoms with Crippen molar-refractivity contribution in [3.05, 3.63) is 0 Å². The van der Waals surface area contributed by atoms with E-state index in [0.717, 1.165) is 25.7 Å². The number of nitrogens with two attached hydrogens (primary N) is 1. The molecule has 0 spiro atoms. The van der Waals surface area contributed by atoms with Crippen LogP contribution in [0, 0.1) is 0 Å². The van der Waals surface area contributed by atoms with Gasteiger partial charge in [-0.05, 0) is 12.8 Å². The van der Waals surface area contributed by atoms with Gasteiger partial charge < -0.3 is 5.73 Å². The van der Waals surface area contributed by atoms with Crippen molar-refractivity contribution >= 4 is 10.0 Å². The van der Waals surface area contributed by atoms with Crippen LogP contribution in [0.3, 0.4) is 0 Å². The van der Waals surface area contributed by atoms with Gasteiger partial charge in [0.15, 0.2) is 0 Å². The van der Waals surface area contributed by atoms with Gasteiger partial charge in [0.2, 0.25) is 10.0 Å². The van der Waals surface area contributed by atoms with E-state index in [2.05, 4.69) is 0 Å². The quantitative estimate of drug-likeness (QED) is 0.683. The molecule has 1 aliphatic heterocycles. The van der Waals surface area contributed by atoms with Crippen molar-refractivity contribution in [1.82, 2.24) is 4.31 Å². The van der Waals surface area contributed by atoms with Gasteiger partial charge >= 0.3 is 0 Å². The fraction of sp³-hybridized carbons (Fsp3) is 1.00. The van der Waals surface area contributed by atoms with E-state index in [1.807, 2.05) is 0 Å². The normalized spacial score (nSPS) is 27.8. The molecule has 2 fully saturated rings. The zero-order valence-corrected chi connectivity index (χ0v) is 8.46. The van der Waals surface area contributed by atoms with Gasteiger partial charge in [0.05, 0.1) is 5.25 Å². The van der Waals surface area contributed by atoms with Crippen LogP contribution < -0.4 is 5.73 Å². The first-order valence-corrected chi connectivity index (χ1v) is 6.35. The van der Waals surface area contributed by atoms with Gasteiger partial charge in [0, 0.05) is 19.1 Å². The van der Waals surface area contributed by atoms with E-state index in [9.17, 15) is 8.42 Å². The Morgan fingerprint density at radius 2 is 1.69 bits per heavy atom. The van der Waals surface area contributed by atoms with Gasteiger partial charge in [-0.3, -0.25) is 0 Å². The molecule has 0 atom stereocenters. The summed E-state index contributed by atoms with van der Waals surface area (Å²) < 4.78 is 25.2. The van der Waals surface area contributed by atoms with Crippen LogP contribution >= 0.6 is 0 Å². The molecule has 0 aromatic carbocycles. The highest BCUT2D eigenvalue weighted by atomic mass is 32.2. The fourth-order valence-electron chi connectivity index (χ4n) is 2.07. The van der Waals surface area contributed by atoms with Crippen LogP contribution in [-0.2, 0) is 10.0 Å². The highest BCUT2D eigenvalue weighted by Crippen LogP contribution is 2.28. The highest BCUT2D eigenvalue weighted by molar-refractivity contribution is 7.89. The number of rotatable bonds is 2. The Morgan fingerprint density at radius 3 is 2.15 bits per heavy atom. The predicted octanol–water partition coefficient (Wildman–Crippen LogP) is -0.0983. The first-order chi connectivity index (χ1) is 6.10. The Hall–Kier alpha value is -0.130. The average molecular weight is 204 g/mol. The Morgan fingerprint density at radius 1 is 1.15 bits per heavy atom. The largest absolute Gasteiger partial charge is 0.325 e. The summed E-state index contributed by atoms with van der Waals surface area (Å²) in [6.07, 6.45) is 3.80. The molecule has 0 radical (unpaired) electrons. The summed E-state index contributed by atoms with van der Waals surface area (Å²) in [7, 11) is -2.98. The molecule has 5 heteroatoms. The number of hydrogen-bond acceptors (Lipinski definition) is 3. The van der Waals surface area contributed by atoms with Crippen molar-refractivity contribution in [1.29, 1.82) is 0 Å². The van der Waals surface area contributed by atoms with Crippen molar-refractivity contribution in [2.45, 2.75) is 37.0 Å². The lowest BCUT2D eigenvalue weighted by Crippen LogP contribution is -2.59. The topological polar surface area (TPSA) is 63.4 Å². The third-order valence-electron chi connectivity index (χ3n) is 2.96. The molecule has 0 aromatic heterocycles. The zero-order valence-electron chi connectivity index (χ0n) is 7.65. The van der Waals surface area contributed by atoms with Gasteiger partial charge in [0.1, 0.15) is 0 Å². The van der Waals surface area contributed by atoms with Gasteiger partial charge in [-0.2, -0.15) is 4.31 Å². The Bertz CT molecular complexity index is 277. The summed E-state index contributed by atoms with van der Waals surface area (Å²) in [6, 6.07) is 0.0659. The van der Waals surface area contributed by atoms with Gasteiger partial charge in [-0.15, -0.1) is 0 Å². The maximum absolute atomic E-state index is 11.8. The van der Waals surface area contributed by atoms with E-state index in [-0.39, 0.29) is 11.3 Å². The summed E-state index contributed by atoms with van der Waals surface area (Å²) in [5, 5.41) is -0.111. The molecule has 0 aromatic rings. The molecular formula is C8H16N2O2S. The molecule has 13 heavy (non-hydrogen) atoms. The van der Waals surface area contributed by atoms with E-state index in [1.165, 1.54) is 4.31 Å². The van der Waals surface area contributed by atoms with E-state index in [1.54, 1.807) is 0 Å². The van der Waals surface area contributed by atoms with E-state index in [0.29, 0.717) is 13.1 Å². The van der Waals surface area contributed by atoms with E-state index >= 15 is 0 Å². The third kappa shape index (κ3) is 1.60. The standard InChI is InChI=1S/C8H16N2O2S/c9-7-5-10(6-7)13(11,12)8-3-1-2-4-8/h7-8H,1-6,9H2. The first kappa shape index (κ1) is 9.43. The van der Waals surface area contributed by atoms with Crippen LogP contribution in [0.5, 0.6) is 0 Å². The molecule has 0 bridgehead atoms. The molecule has 2 rings (SSSR count). The number of sulfonamides is 1.